The van der Waals surface area contributed by atoms with Crippen molar-refractivity contribution >= 4 is 5.97 Å². The largest absolute Gasteiger partial charge is 0.481 e. The number of hydrogen-bond acceptors (Lipinski definition) is 3. The normalized spacial score (nSPS) is 17.2. The van der Waals surface area contributed by atoms with Crippen molar-refractivity contribution in [2.75, 3.05) is 6.54 Å². The van der Waals surface area contributed by atoms with Gasteiger partial charge in [0.1, 0.15) is 0 Å². The van der Waals surface area contributed by atoms with Crippen LogP contribution in [0.25, 0.3) is 5.69 Å². The molecule has 1 heterocycles. The third kappa shape index (κ3) is 2.90. The van der Waals surface area contributed by atoms with Crippen molar-refractivity contribution in [3.05, 3.63) is 47.3 Å². The molecule has 5 heteroatoms. The molecule has 3 N–H and O–H groups in total. The van der Waals surface area contributed by atoms with Crippen LogP contribution in [0.15, 0.2) is 30.5 Å². The lowest BCUT2D eigenvalue weighted by atomic mass is 9.85. The minimum Gasteiger partial charge on any atom is -0.481 e. The van der Waals surface area contributed by atoms with Crippen LogP contribution in [0.5, 0.6) is 0 Å². The Hall–Kier alpha value is -2.14. The Labute approximate surface area is 129 Å². The quantitative estimate of drug-likeness (QED) is 0.887. The Morgan fingerprint density at radius 1 is 1.36 bits per heavy atom. The van der Waals surface area contributed by atoms with E-state index in [0.717, 1.165) is 24.1 Å². The van der Waals surface area contributed by atoms with E-state index in [9.17, 15) is 4.79 Å². The van der Waals surface area contributed by atoms with Crippen molar-refractivity contribution in [2.24, 2.45) is 5.73 Å². The number of nitrogens with two attached hydrogens (primary N) is 1. The van der Waals surface area contributed by atoms with E-state index < -0.39 is 5.97 Å². The molecule has 3 rings (SSSR count). The first-order chi connectivity index (χ1) is 10.7. The monoisotopic (exact) mass is 299 g/mol. The third-order valence-electron chi connectivity index (χ3n) is 4.36. The average Bonchev–Trinajstić information content (AvgIpc) is 2.93. The molecule has 22 heavy (non-hydrogen) atoms. The number of fused-ring (bicyclic) bond motifs is 1. The van der Waals surface area contributed by atoms with Crippen LogP contribution in [0.4, 0.5) is 0 Å². The average molecular weight is 299 g/mol. The summed E-state index contributed by atoms with van der Waals surface area (Å²) in [7, 11) is 0. The smallest absolute Gasteiger partial charge is 0.307 e. The molecule has 0 amide bonds. The number of rotatable bonds is 5. The highest BCUT2D eigenvalue weighted by atomic mass is 16.4. The molecule has 1 aliphatic carbocycles. The van der Waals surface area contributed by atoms with Gasteiger partial charge in [0.05, 0.1) is 18.3 Å². The molecule has 0 bridgehead atoms. The molecule has 2 aromatic rings. The summed E-state index contributed by atoms with van der Waals surface area (Å²) in [5.74, 6) is -0.289. The van der Waals surface area contributed by atoms with Crippen molar-refractivity contribution in [3.8, 4) is 5.69 Å². The maximum atomic E-state index is 10.7. The van der Waals surface area contributed by atoms with Gasteiger partial charge in [-0.05, 0) is 61.4 Å². The lowest BCUT2D eigenvalue weighted by Crippen LogP contribution is -2.15. The summed E-state index contributed by atoms with van der Waals surface area (Å²) in [4.78, 5) is 10.7. The van der Waals surface area contributed by atoms with Gasteiger partial charge in [0.25, 0.3) is 0 Å². The molecule has 1 unspecified atom stereocenters. The highest BCUT2D eigenvalue weighted by molar-refractivity contribution is 5.70. The zero-order valence-corrected chi connectivity index (χ0v) is 12.5. The number of aliphatic carboxylic acids is 1. The Morgan fingerprint density at radius 2 is 2.14 bits per heavy atom. The number of carboxylic acids is 1. The van der Waals surface area contributed by atoms with Crippen LogP contribution in [0.1, 0.15) is 42.0 Å². The van der Waals surface area contributed by atoms with Crippen LogP contribution in [0.2, 0.25) is 0 Å². The Morgan fingerprint density at radius 3 is 2.82 bits per heavy atom. The second-order valence-electron chi connectivity index (χ2n) is 5.86. The van der Waals surface area contributed by atoms with E-state index in [1.54, 1.807) is 0 Å². The standard InChI is InChI=1S/C17H21N3O2/c18-9-8-13-2-1-3-16-15(13)11-19-20(16)14-6-4-12(5-7-14)10-17(21)22/h4-7,11,13H,1-3,8-10,18H2,(H,21,22). The minimum atomic E-state index is -0.811. The topological polar surface area (TPSA) is 81.1 Å². The highest BCUT2D eigenvalue weighted by Gasteiger charge is 2.24. The highest BCUT2D eigenvalue weighted by Crippen LogP contribution is 2.34. The maximum Gasteiger partial charge on any atom is 0.307 e. The Kier molecular flexibility index (Phi) is 4.24. The summed E-state index contributed by atoms with van der Waals surface area (Å²) >= 11 is 0. The summed E-state index contributed by atoms with van der Waals surface area (Å²) in [6, 6.07) is 7.60. The molecule has 0 radical (unpaired) electrons. The molecule has 0 aliphatic heterocycles. The van der Waals surface area contributed by atoms with Gasteiger partial charge < -0.3 is 10.8 Å². The predicted octanol–water partition coefficient (Wildman–Crippen LogP) is 2.27. The van der Waals surface area contributed by atoms with Gasteiger partial charge in [-0.3, -0.25) is 4.79 Å². The summed E-state index contributed by atoms with van der Waals surface area (Å²) in [6.07, 6.45) is 6.42. The first-order valence-corrected chi connectivity index (χ1v) is 7.77. The van der Waals surface area contributed by atoms with Gasteiger partial charge in [-0.25, -0.2) is 4.68 Å². The third-order valence-corrected chi connectivity index (χ3v) is 4.36. The summed E-state index contributed by atoms with van der Waals surface area (Å²) < 4.78 is 1.99. The van der Waals surface area contributed by atoms with Crippen molar-refractivity contribution in [1.82, 2.24) is 9.78 Å². The number of benzene rings is 1. The fourth-order valence-corrected chi connectivity index (χ4v) is 3.30. The summed E-state index contributed by atoms with van der Waals surface area (Å²) in [5.41, 5.74) is 10.1. The number of carbonyl (C=O) groups is 1. The molecule has 1 aromatic carbocycles. The van der Waals surface area contributed by atoms with E-state index >= 15 is 0 Å². The molecule has 1 aromatic heterocycles. The van der Waals surface area contributed by atoms with Crippen LogP contribution >= 0.6 is 0 Å². The van der Waals surface area contributed by atoms with Gasteiger partial charge in [-0.1, -0.05) is 12.1 Å². The molecule has 0 fully saturated rings. The molecule has 116 valence electrons. The van der Waals surface area contributed by atoms with Crippen LogP contribution in [0.3, 0.4) is 0 Å². The van der Waals surface area contributed by atoms with Crippen LogP contribution in [-0.2, 0) is 17.6 Å². The summed E-state index contributed by atoms with van der Waals surface area (Å²) in [5, 5.41) is 13.4. The van der Waals surface area contributed by atoms with E-state index in [-0.39, 0.29) is 6.42 Å². The fourth-order valence-electron chi connectivity index (χ4n) is 3.30. The maximum absolute atomic E-state index is 10.7. The fraction of sp³-hybridized carbons (Fsp3) is 0.412. The molecule has 1 aliphatic rings. The zero-order valence-electron chi connectivity index (χ0n) is 12.5. The molecule has 0 saturated heterocycles. The van der Waals surface area contributed by atoms with Crippen LogP contribution < -0.4 is 5.73 Å². The van der Waals surface area contributed by atoms with E-state index in [1.165, 1.54) is 24.1 Å². The van der Waals surface area contributed by atoms with Gasteiger partial charge in [-0.15, -0.1) is 0 Å². The summed E-state index contributed by atoms with van der Waals surface area (Å²) in [6.45, 7) is 0.708. The van der Waals surface area contributed by atoms with Crippen LogP contribution in [0, 0.1) is 0 Å². The molecule has 0 saturated carbocycles. The Bertz CT molecular complexity index is 661. The number of aromatic nitrogens is 2. The minimum absolute atomic E-state index is 0.0517. The second-order valence-corrected chi connectivity index (χ2v) is 5.86. The predicted molar refractivity (Wildman–Crippen MR) is 84.3 cm³/mol. The van der Waals surface area contributed by atoms with Crippen molar-refractivity contribution in [1.29, 1.82) is 0 Å². The van der Waals surface area contributed by atoms with E-state index in [2.05, 4.69) is 5.10 Å². The molecular formula is C17H21N3O2. The van der Waals surface area contributed by atoms with Gasteiger partial charge in [-0.2, -0.15) is 5.10 Å². The van der Waals surface area contributed by atoms with Gasteiger partial charge in [0.2, 0.25) is 0 Å². The van der Waals surface area contributed by atoms with E-state index in [4.69, 9.17) is 10.8 Å². The van der Waals surface area contributed by atoms with Gasteiger partial charge >= 0.3 is 5.97 Å². The molecule has 1 atom stereocenters. The Balaban J connectivity index is 1.88. The van der Waals surface area contributed by atoms with Gasteiger partial charge in [0, 0.05) is 5.69 Å². The number of carboxylic acid groups (broad SMARTS) is 1. The number of nitrogens with zero attached hydrogens (tertiary/aromatic N) is 2. The van der Waals surface area contributed by atoms with Crippen molar-refractivity contribution in [2.45, 2.75) is 38.0 Å². The van der Waals surface area contributed by atoms with Crippen LogP contribution in [-0.4, -0.2) is 27.4 Å². The lowest BCUT2D eigenvalue weighted by molar-refractivity contribution is -0.136. The van der Waals surface area contributed by atoms with Gasteiger partial charge in [0.15, 0.2) is 0 Å². The molecule has 5 nitrogen and oxygen atoms in total. The molecule has 0 spiro atoms. The SMILES string of the molecule is NCCC1CCCc2c1cnn2-c1ccc(CC(=O)O)cc1. The van der Waals surface area contributed by atoms with Crippen molar-refractivity contribution in [3.63, 3.8) is 0 Å². The zero-order chi connectivity index (χ0) is 15.5. The second kappa shape index (κ2) is 6.32. The first kappa shape index (κ1) is 14.8. The van der Waals surface area contributed by atoms with Crippen molar-refractivity contribution < 1.29 is 9.90 Å². The first-order valence-electron chi connectivity index (χ1n) is 7.77. The van der Waals surface area contributed by atoms with E-state index in [1.807, 2.05) is 35.1 Å². The number of hydrogen-bond donors (Lipinski definition) is 2. The van der Waals surface area contributed by atoms with E-state index in [0.29, 0.717) is 12.5 Å². The molecular weight excluding hydrogens is 278 g/mol. The lowest BCUT2D eigenvalue weighted by Gasteiger charge is -2.22.